The van der Waals surface area contributed by atoms with Gasteiger partial charge in [-0.05, 0) is 67.0 Å². The summed E-state index contributed by atoms with van der Waals surface area (Å²) in [5.41, 5.74) is 3.55. The molecule has 2 aliphatic rings. The van der Waals surface area contributed by atoms with E-state index < -0.39 is 11.7 Å². The van der Waals surface area contributed by atoms with Crippen LogP contribution in [0.1, 0.15) is 75.8 Å². The van der Waals surface area contributed by atoms with Crippen LogP contribution < -0.4 is 5.32 Å². The molecule has 1 amide bonds. The number of alkyl halides is 3. The van der Waals surface area contributed by atoms with Gasteiger partial charge in [-0.1, -0.05) is 87.1 Å². The topological polar surface area (TPSA) is 46.9 Å². The second kappa shape index (κ2) is 11.7. The summed E-state index contributed by atoms with van der Waals surface area (Å²) in [6, 6.07) is 20.9. The lowest BCUT2D eigenvalue weighted by Crippen LogP contribution is -2.43. The van der Waals surface area contributed by atoms with Gasteiger partial charge in [-0.3, -0.25) is 4.79 Å². The van der Waals surface area contributed by atoms with Gasteiger partial charge in [-0.25, -0.2) is 4.98 Å². The molecule has 1 heterocycles. The Morgan fingerprint density at radius 2 is 1.32 bits per heavy atom. The molecule has 1 atom stereocenters. The zero-order valence-corrected chi connectivity index (χ0v) is 23.2. The number of aromatic nitrogens is 2. The van der Waals surface area contributed by atoms with Crippen molar-refractivity contribution in [3.05, 3.63) is 78.4 Å². The summed E-state index contributed by atoms with van der Waals surface area (Å²) in [6.07, 6.45) is 6.74. The minimum atomic E-state index is -4.36. The van der Waals surface area contributed by atoms with Crippen molar-refractivity contribution in [1.29, 1.82) is 0 Å². The van der Waals surface area contributed by atoms with E-state index in [2.05, 4.69) is 9.88 Å². The molecule has 1 aromatic heterocycles. The van der Waals surface area contributed by atoms with Gasteiger partial charge in [-0.2, -0.15) is 13.2 Å². The summed E-state index contributed by atoms with van der Waals surface area (Å²) in [5, 5.41) is 3.43. The summed E-state index contributed by atoms with van der Waals surface area (Å²) in [4.78, 5) is 19.2. The van der Waals surface area contributed by atoms with E-state index in [-0.39, 0.29) is 23.9 Å². The van der Waals surface area contributed by atoms with E-state index >= 15 is 0 Å². The molecule has 4 aromatic rings. The maximum Gasteiger partial charge on any atom is 0.416 e. The number of rotatable bonds is 6. The maximum absolute atomic E-state index is 14.1. The normalized spacial score (nSPS) is 17.9. The number of halogens is 3. The first-order valence-electron chi connectivity index (χ1n) is 14.9. The quantitative estimate of drug-likeness (QED) is 0.256. The molecule has 4 nitrogen and oxygen atoms in total. The first kappa shape index (κ1) is 27.6. The first-order valence-corrected chi connectivity index (χ1v) is 14.9. The zero-order valence-electron chi connectivity index (χ0n) is 23.2. The number of imidazole rings is 1. The van der Waals surface area contributed by atoms with Gasteiger partial charge in [0.25, 0.3) is 0 Å². The highest BCUT2D eigenvalue weighted by molar-refractivity contribution is 5.87. The van der Waals surface area contributed by atoms with Crippen molar-refractivity contribution >= 4 is 16.9 Å². The van der Waals surface area contributed by atoms with Gasteiger partial charge in [0.1, 0.15) is 11.9 Å². The molecular formula is C34H36F3N3O. The second-order valence-corrected chi connectivity index (χ2v) is 11.6. The Morgan fingerprint density at radius 3 is 1.95 bits per heavy atom. The maximum atomic E-state index is 14.1. The van der Waals surface area contributed by atoms with Crippen LogP contribution in [-0.4, -0.2) is 21.5 Å². The van der Waals surface area contributed by atoms with Crippen LogP contribution >= 0.6 is 0 Å². The molecule has 41 heavy (non-hydrogen) atoms. The fraction of sp³-hybridized carbons (Fsp3) is 0.412. The van der Waals surface area contributed by atoms with Crippen LogP contribution in [0, 0.1) is 5.92 Å². The van der Waals surface area contributed by atoms with E-state index in [1.165, 1.54) is 25.0 Å². The lowest BCUT2D eigenvalue weighted by Gasteiger charge is -2.33. The average molecular weight is 560 g/mol. The van der Waals surface area contributed by atoms with Crippen LogP contribution in [0.5, 0.6) is 0 Å². The van der Waals surface area contributed by atoms with Crippen molar-refractivity contribution < 1.29 is 18.0 Å². The van der Waals surface area contributed by atoms with Gasteiger partial charge in [0.05, 0.1) is 16.6 Å². The number of nitrogens with one attached hydrogen (secondary N) is 1. The standard InChI is InChI=1S/C34H36F3N3O/c35-34(36,37)27-21-19-24(20-22-27)23-15-17-26(18-16-23)32-39-29-13-7-8-14-30(29)40(32)31(25-9-3-1-4-10-25)33(41)38-28-11-5-2-6-12-28/h7-8,13-22,25,28,31H,1-6,9-12H2,(H,38,41). The number of hydrogen-bond donors (Lipinski definition) is 1. The minimum Gasteiger partial charge on any atom is -0.352 e. The Balaban J connectivity index is 1.38. The molecule has 1 unspecified atom stereocenters. The molecule has 6 rings (SSSR count). The van der Waals surface area contributed by atoms with Crippen molar-refractivity contribution in [1.82, 2.24) is 14.9 Å². The van der Waals surface area contributed by atoms with E-state index in [9.17, 15) is 18.0 Å². The van der Waals surface area contributed by atoms with Crippen LogP contribution in [0.2, 0.25) is 0 Å². The highest BCUT2D eigenvalue weighted by Gasteiger charge is 2.35. The van der Waals surface area contributed by atoms with Crippen LogP contribution in [0.3, 0.4) is 0 Å². The van der Waals surface area contributed by atoms with Crippen LogP contribution in [0.4, 0.5) is 13.2 Å². The third-order valence-electron chi connectivity index (χ3n) is 8.88. The summed E-state index contributed by atoms with van der Waals surface area (Å²) >= 11 is 0. The van der Waals surface area contributed by atoms with Crippen LogP contribution in [0.15, 0.2) is 72.8 Å². The van der Waals surface area contributed by atoms with E-state index in [0.29, 0.717) is 5.56 Å². The highest BCUT2D eigenvalue weighted by Crippen LogP contribution is 2.39. The SMILES string of the molecule is O=C(NC1CCCCC1)C(C1CCCCC1)n1c(-c2ccc(-c3ccc(C(F)(F)F)cc3)cc2)nc2ccccc21. The summed E-state index contributed by atoms with van der Waals surface area (Å²) in [7, 11) is 0. The van der Waals surface area contributed by atoms with E-state index in [4.69, 9.17) is 4.98 Å². The molecule has 0 spiro atoms. The lowest BCUT2D eigenvalue weighted by molar-refractivity contribution is -0.137. The number of carbonyl (C=O) groups excluding carboxylic acids is 1. The number of nitrogens with zero attached hydrogens (tertiary/aromatic N) is 2. The average Bonchev–Trinajstić information content (AvgIpc) is 3.37. The number of hydrogen-bond acceptors (Lipinski definition) is 2. The molecule has 0 aliphatic heterocycles. The first-order chi connectivity index (χ1) is 19.9. The molecule has 214 valence electrons. The van der Waals surface area contributed by atoms with Crippen molar-refractivity contribution in [2.24, 2.45) is 5.92 Å². The molecule has 2 saturated carbocycles. The number of benzene rings is 3. The minimum absolute atomic E-state index is 0.0922. The fourth-order valence-electron chi connectivity index (χ4n) is 6.72. The Labute approximate surface area is 239 Å². The van der Waals surface area contributed by atoms with Crippen molar-refractivity contribution in [2.45, 2.75) is 82.5 Å². The Hall–Kier alpha value is -3.61. The number of fused-ring (bicyclic) bond motifs is 1. The smallest absolute Gasteiger partial charge is 0.352 e. The lowest BCUT2D eigenvalue weighted by atomic mass is 9.82. The van der Waals surface area contributed by atoms with Gasteiger partial charge in [0.2, 0.25) is 5.91 Å². The monoisotopic (exact) mass is 559 g/mol. The zero-order chi connectivity index (χ0) is 28.4. The number of para-hydroxylation sites is 2. The van der Waals surface area contributed by atoms with E-state index in [1.807, 2.05) is 48.5 Å². The molecule has 2 fully saturated rings. The van der Waals surface area contributed by atoms with Crippen LogP contribution in [0.25, 0.3) is 33.5 Å². The second-order valence-electron chi connectivity index (χ2n) is 11.6. The van der Waals surface area contributed by atoms with Gasteiger partial charge in [0, 0.05) is 11.6 Å². The van der Waals surface area contributed by atoms with Crippen molar-refractivity contribution in [2.75, 3.05) is 0 Å². The van der Waals surface area contributed by atoms with Crippen molar-refractivity contribution in [3.8, 4) is 22.5 Å². The van der Waals surface area contributed by atoms with Crippen molar-refractivity contribution in [3.63, 3.8) is 0 Å². The number of amides is 1. The Kier molecular flexibility index (Phi) is 7.87. The highest BCUT2D eigenvalue weighted by atomic mass is 19.4. The molecule has 0 radical (unpaired) electrons. The Bertz CT molecular complexity index is 1480. The predicted octanol–water partition coefficient (Wildman–Crippen LogP) is 8.96. The predicted molar refractivity (Wildman–Crippen MR) is 156 cm³/mol. The molecule has 1 N–H and O–H groups in total. The van der Waals surface area contributed by atoms with Gasteiger partial charge in [0.15, 0.2) is 0 Å². The molecule has 2 aliphatic carbocycles. The number of carbonyl (C=O) groups is 1. The summed E-state index contributed by atoms with van der Waals surface area (Å²) in [6.45, 7) is 0. The summed E-state index contributed by atoms with van der Waals surface area (Å²) in [5.74, 6) is 1.07. The van der Waals surface area contributed by atoms with Gasteiger partial charge in [-0.15, -0.1) is 0 Å². The Morgan fingerprint density at radius 1 is 0.756 bits per heavy atom. The summed E-state index contributed by atoms with van der Waals surface area (Å²) < 4.78 is 41.3. The fourth-order valence-corrected chi connectivity index (χ4v) is 6.72. The molecule has 3 aromatic carbocycles. The third-order valence-corrected chi connectivity index (χ3v) is 8.88. The van der Waals surface area contributed by atoms with E-state index in [1.54, 1.807) is 0 Å². The largest absolute Gasteiger partial charge is 0.416 e. The van der Waals surface area contributed by atoms with Crippen LogP contribution in [-0.2, 0) is 11.0 Å². The molecule has 7 heteroatoms. The third kappa shape index (κ3) is 5.90. The van der Waals surface area contributed by atoms with Gasteiger partial charge < -0.3 is 9.88 Å². The molecule has 0 saturated heterocycles. The molecular weight excluding hydrogens is 523 g/mol. The van der Waals surface area contributed by atoms with Gasteiger partial charge >= 0.3 is 6.18 Å². The molecule has 0 bridgehead atoms. The van der Waals surface area contributed by atoms with E-state index in [0.717, 1.165) is 91.5 Å².